The summed E-state index contributed by atoms with van der Waals surface area (Å²) in [5.41, 5.74) is 6.42. The highest BCUT2D eigenvalue weighted by molar-refractivity contribution is 5.51. The van der Waals surface area contributed by atoms with Crippen LogP contribution in [0.3, 0.4) is 0 Å². The maximum Gasteiger partial charge on any atom is 0.142 e. The van der Waals surface area contributed by atoms with Crippen LogP contribution in [0.2, 0.25) is 0 Å². The van der Waals surface area contributed by atoms with Crippen LogP contribution < -0.4 is 10.5 Å². The average molecular weight is 370 g/mol. The van der Waals surface area contributed by atoms with Gasteiger partial charge in [-0.05, 0) is 18.6 Å². The van der Waals surface area contributed by atoms with Crippen LogP contribution in [0.25, 0.3) is 0 Å². The van der Waals surface area contributed by atoms with Crippen molar-refractivity contribution in [1.29, 1.82) is 0 Å². The van der Waals surface area contributed by atoms with Gasteiger partial charge in [0.2, 0.25) is 0 Å². The van der Waals surface area contributed by atoms with Gasteiger partial charge in [0, 0.05) is 6.61 Å². The Kier molecular flexibility index (Phi) is 14.9. The van der Waals surface area contributed by atoms with Crippen LogP contribution in [0.15, 0.2) is 24.3 Å². The van der Waals surface area contributed by atoms with Gasteiger partial charge < -0.3 is 29.4 Å². The molecule has 0 spiro atoms. The highest BCUT2D eigenvalue weighted by atomic mass is 16.6. The fraction of sp³-hybridized carbons (Fsp3) is 0.700. The van der Waals surface area contributed by atoms with Crippen molar-refractivity contribution < 1.29 is 23.7 Å². The topological polar surface area (TPSA) is 72.2 Å². The first-order valence-corrected chi connectivity index (χ1v) is 9.63. The summed E-state index contributed by atoms with van der Waals surface area (Å²) in [7, 11) is 0. The van der Waals surface area contributed by atoms with E-state index in [4.69, 9.17) is 29.4 Å². The molecule has 6 heteroatoms. The zero-order valence-electron chi connectivity index (χ0n) is 16.1. The predicted octanol–water partition coefficient (Wildman–Crippen LogP) is 3.29. The molecule has 0 aromatic heterocycles. The molecule has 0 amide bonds. The summed E-state index contributed by atoms with van der Waals surface area (Å²) in [6.07, 6.45) is 4.93. The molecule has 0 bridgehead atoms. The van der Waals surface area contributed by atoms with Gasteiger partial charge in [-0.3, -0.25) is 0 Å². The molecule has 150 valence electrons. The van der Waals surface area contributed by atoms with E-state index < -0.39 is 0 Å². The van der Waals surface area contributed by atoms with Crippen molar-refractivity contribution in [2.75, 3.05) is 65.2 Å². The molecule has 1 aromatic rings. The van der Waals surface area contributed by atoms with E-state index in [0.717, 1.165) is 13.0 Å². The number of hydrogen-bond acceptors (Lipinski definition) is 6. The summed E-state index contributed by atoms with van der Waals surface area (Å²) in [6, 6.07) is 7.42. The number of rotatable bonds is 18. The molecule has 26 heavy (non-hydrogen) atoms. The zero-order valence-corrected chi connectivity index (χ0v) is 16.1. The Balaban J connectivity index is 1.74. The van der Waals surface area contributed by atoms with Crippen molar-refractivity contribution in [1.82, 2.24) is 0 Å². The summed E-state index contributed by atoms with van der Waals surface area (Å²) in [6.45, 7) is 7.51. The molecule has 0 aliphatic rings. The largest absolute Gasteiger partial charge is 0.489 e. The van der Waals surface area contributed by atoms with E-state index in [0.29, 0.717) is 64.3 Å². The summed E-state index contributed by atoms with van der Waals surface area (Å²) in [5, 5.41) is 0. The molecular formula is C20H35NO5. The number of nitrogen functional groups attached to an aromatic ring is 1. The molecule has 6 nitrogen and oxygen atoms in total. The minimum atomic E-state index is 0.468. The fourth-order valence-electron chi connectivity index (χ4n) is 2.22. The number of ether oxygens (including phenoxy) is 5. The summed E-state index contributed by atoms with van der Waals surface area (Å²) >= 11 is 0. The number of para-hydroxylation sites is 2. The minimum Gasteiger partial charge on any atom is -0.489 e. The van der Waals surface area contributed by atoms with Gasteiger partial charge in [0.25, 0.3) is 0 Å². The Labute approximate surface area is 157 Å². The van der Waals surface area contributed by atoms with Gasteiger partial charge in [-0.2, -0.15) is 0 Å². The summed E-state index contributed by atoms with van der Waals surface area (Å²) in [4.78, 5) is 0. The molecule has 0 aliphatic heterocycles. The predicted molar refractivity (Wildman–Crippen MR) is 104 cm³/mol. The second-order valence-electron chi connectivity index (χ2n) is 5.90. The summed E-state index contributed by atoms with van der Waals surface area (Å²) < 4.78 is 27.4. The lowest BCUT2D eigenvalue weighted by molar-refractivity contribution is -0.00484. The Morgan fingerprint density at radius 1 is 0.654 bits per heavy atom. The molecule has 1 aromatic carbocycles. The van der Waals surface area contributed by atoms with Gasteiger partial charge in [0.1, 0.15) is 12.4 Å². The number of benzene rings is 1. The van der Waals surface area contributed by atoms with E-state index >= 15 is 0 Å². The van der Waals surface area contributed by atoms with Crippen LogP contribution in [0.5, 0.6) is 5.75 Å². The monoisotopic (exact) mass is 369 g/mol. The maximum absolute atomic E-state index is 5.79. The lowest BCUT2D eigenvalue weighted by Gasteiger charge is -2.09. The van der Waals surface area contributed by atoms with E-state index in [-0.39, 0.29) is 0 Å². The van der Waals surface area contributed by atoms with E-state index in [1.165, 1.54) is 19.3 Å². The van der Waals surface area contributed by atoms with Gasteiger partial charge in [0.15, 0.2) is 0 Å². The lowest BCUT2D eigenvalue weighted by atomic mass is 10.2. The lowest BCUT2D eigenvalue weighted by Crippen LogP contribution is -2.14. The quantitative estimate of drug-likeness (QED) is 0.316. The first-order valence-electron chi connectivity index (χ1n) is 9.63. The van der Waals surface area contributed by atoms with Crippen molar-refractivity contribution >= 4 is 5.69 Å². The molecule has 0 radical (unpaired) electrons. The normalized spacial score (nSPS) is 11.0. The Morgan fingerprint density at radius 2 is 1.19 bits per heavy atom. The van der Waals surface area contributed by atoms with Crippen LogP contribution >= 0.6 is 0 Å². The van der Waals surface area contributed by atoms with E-state index in [9.17, 15) is 0 Å². The van der Waals surface area contributed by atoms with E-state index in [2.05, 4.69) is 6.92 Å². The molecule has 0 aliphatic carbocycles. The average Bonchev–Trinajstić information content (AvgIpc) is 2.65. The molecule has 0 saturated heterocycles. The summed E-state index contributed by atoms with van der Waals surface area (Å²) in [5.74, 6) is 0.689. The Morgan fingerprint density at radius 3 is 1.77 bits per heavy atom. The Hall–Kier alpha value is -1.34. The number of anilines is 1. The first-order chi connectivity index (χ1) is 12.8. The number of unbranched alkanes of at least 4 members (excludes halogenated alkanes) is 3. The van der Waals surface area contributed by atoms with Crippen LogP contribution in [-0.2, 0) is 18.9 Å². The highest BCUT2D eigenvalue weighted by Crippen LogP contribution is 2.19. The van der Waals surface area contributed by atoms with Crippen molar-refractivity contribution in [3.8, 4) is 5.75 Å². The van der Waals surface area contributed by atoms with Crippen LogP contribution in [0.1, 0.15) is 32.6 Å². The SMILES string of the molecule is CCCCCCOCCOCCOCCOCCOc1ccccc1N. The maximum atomic E-state index is 5.79. The molecule has 0 heterocycles. The third-order valence-corrected chi connectivity index (χ3v) is 3.66. The zero-order chi connectivity index (χ0) is 18.7. The van der Waals surface area contributed by atoms with Crippen molar-refractivity contribution in [2.45, 2.75) is 32.6 Å². The smallest absolute Gasteiger partial charge is 0.142 e. The van der Waals surface area contributed by atoms with Gasteiger partial charge >= 0.3 is 0 Å². The van der Waals surface area contributed by atoms with Gasteiger partial charge in [0.05, 0.1) is 51.9 Å². The van der Waals surface area contributed by atoms with Crippen molar-refractivity contribution in [3.63, 3.8) is 0 Å². The first kappa shape index (κ1) is 22.7. The molecular weight excluding hydrogens is 334 g/mol. The molecule has 0 atom stereocenters. The minimum absolute atomic E-state index is 0.468. The van der Waals surface area contributed by atoms with Crippen LogP contribution in [0, 0.1) is 0 Å². The third-order valence-electron chi connectivity index (χ3n) is 3.66. The Bertz CT molecular complexity index is 430. The second-order valence-corrected chi connectivity index (χ2v) is 5.90. The van der Waals surface area contributed by atoms with Crippen molar-refractivity contribution in [3.05, 3.63) is 24.3 Å². The number of nitrogens with two attached hydrogens (primary N) is 1. The van der Waals surface area contributed by atoms with Crippen LogP contribution in [-0.4, -0.2) is 59.5 Å². The number of hydrogen-bond donors (Lipinski definition) is 1. The molecule has 2 N–H and O–H groups in total. The second kappa shape index (κ2) is 17.1. The molecule has 0 saturated carbocycles. The molecule has 0 unspecified atom stereocenters. The van der Waals surface area contributed by atoms with Gasteiger partial charge in [-0.25, -0.2) is 0 Å². The fourth-order valence-corrected chi connectivity index (χ4v) is 2.22. The van der Waals surface area contributed by atoms with Gasteiger partial charge in [-0.15, -0.1) is 0 Å². The standard InChI is InChI=1S/C20H35NO5/c1-2-3-4-7-10-22-11-12-23-13-14-24-15-16-25-17-18-26-20-9-6-5-8-19(20)21/h5-6,8-9H,2-4,7,10-18,21H2,1H3. The van der Waals surface area contributed by atoms with Crippen LogP contribution in [0.4, 0.5) is 5.69 Å². The van der Waals surface area contributed by atoms with E-state index in [1.54, 1.807) is 0 Å². The molecule has 1 rings (SSSR count). The van der Waals surface area contributed by atoms with Gasteiger partial charge in [-0.1, -0.05) is 38.3 Å². The van der Waals surface area contributed by atoms with Crippen molar-refractivity contribution in [2.24, 2.45) is 0 Å². The van der Waals surface area contributed by atoms with E-state index in [1.807, 2.05) is 24.3 Å². The third kappa shape index (κ3) is 12.9. The molecule has 0 fully saturated rings. The highest BCUT2D eigenvalue weighted by Gasteiger charge is 1.98.